The zero-order chi connectivity index (χ0) is 28.6. The first kappa shape index (κ1) is 29.0. The number of fused-ring (bicyclic) bond motifs is 1. The van der Waals surface area contributed by atoms with E-state index in [0.717, 1.165) is 24.3 Å². The molecule has 0 radical (unpaired) electrons. The van der Waals surface area contributed by atoms with Crippen LogP contribution in [-0.4, -0.2) is 74.3 Å². The summed E-state index contributed by atoms with van der Waals surface area (Å²) in [7, 11) is 0. The van der Waals surface area contributed by atoms with Crippen molar-refractivity contribution in [1.29, 1.82) is 0 Å². The zero-order valence-corrected chi connectivity index (χ0v) is 25.5. The fraction of sp³-hybridized carbons (Fsp3) is 0.500. The first-order valence-electron chi connectivity index (χ1n) is 14.0. The number of carbonyl (C=O) groups is 3. The maximum absolute atomic E-state index is 14.0. The Morgan fingerprint density at radius 1 is 1.12 bits per heavy atom. The summed E-state index contributed by atoms with van der Waals surface area (Å²) >= 11 is 5.38. The molecule has 3 aliphatic heterocycles. The number of hydrogen-bond donors (Lipinski definition) is 3. The standard InChI is InChI=1S/C30H37BrN4O4S/c1-4-34(5-2)21-13-11-20(12-14-21)33-28(38)26-30-15-22(31)25(40-30)23(24(30)29(39)35(26)18(3)17-36)27(37)32-16-19-9-7-6-8-10-19/h6-14,18,22-26,36H,4-5,15-17H2,1-3H3,(H,32,37)(H,33,38)/t18-,22?,23-,24+,25-,26?,30?/m1/s1. The Labute approximate surface area is 248 Å². The second kappa shape index (κ2) is 11.7. The van der Waals surface area contributed by atoms with Crippen molar-refractivity contribution in [1.82, 2.24) is 10.2 Å². The van der Waals surface area contributed by atoms with Crippen molar-refractivity contribution in [3.05, 3.63) is 60.2 Å². The molecule has 2 aromatic rings. The molecule has 7 atom stereocenters. The molecule has 3 amide bonds. The number of benzene rings is 2. The number of hydrogen-bond acceptors (Lipinski definition) is 6. The number of likely N-dealkylation sites (tertiary alicyclic amines) is 1. The van der Waals surface area contributed by atoms with Crippen LogP contribution in [-0.2, 0) is 20.9 Å². The molecule has 3 fully saturated rings. The van der Waals surface area contributed by atoms with Gasteiger partial charge in [-0.25, -0.2) is 0 Å². The van der Waals surface area contributed by atoms with Crippen LogP contribution in [0.15, 0.2) is 54.6 Å². The first-order chi connectivity index (χ1) is 19.2. The van der Waals surface area contributed by atoms with Gasteiger partial charge in [0.05, 0.1) is 29.2 Å². The smallest absolute Gasteiger partial charge is 0.248 e. The summed E-state index contributed by atoms with van der Waals surface area (Å²) in [5.74, 6) is -1.89. The van der Waals surface area contributed by atoms with Gasteiger partial charge in [0.1, 0.15) is 6.04 Å². The van der Waals surface area contributed by atoms with Gasteiger partial charge < -0.3 is 25.5 Å². The lowest BCUT2D eigenvalue weighted by atomic mass is 9.70. The van der Waals surface area contributed by atoms with Gasteiger partial charge in [0.15, 0.2) is 0 Å². The average molecular weight is 630 g/mol. The number of carbonyl (C=O) groups excluding carboxylic acids is 3. The molecular weight excluding hydrogens is 592 g/mol. The quantitative estimate of drug-likeness (QED) is 0.347. The summed E-state index contributed by atoms with van der Waals surface area (Å²) in [6.07, 6.45) is 0.592. The number of halogens is 1. The highest BCUT2D eigenvalue weighted by Gasteiger charge is 2.76. The maximum Gasteiger partial charge on any atom is 0.248 e. The van der Waals surface area contributed by atoms with Crippen molar-refractivity contribution >= 4 is 56.8 Å². The molecule has 3 unspecified atom stereocenters. The Morgan fingerprint density at radius 3 is 2.42 bits per heavy atom. The van der Waals surface area contributed by atoms with Crippen LogP contribution in [0.1, 0.15) is 32.8 Å². The predicted molar refractivity (Wildman–Crippen MR) is 163 cm³/mol. The van der Waals surface area contributed by atoms with Gasteiger partial charge in [-0.1, -0.05) is 46.3 Å². The summed E-state index contributed by atoms with van der Waals surface area (Å²) < 4.78 is -0.765. The summed E-state index contributed by atoms with van der Waals surface area (Å²) in [6.45, 7) is 7.83. The lowest BCUT2D eigenvalue weighted by molar-refractivity contribution is -0.141. The molecule has 1 spiro atoms. The molecule has 0 saturated carbocycles. The number of aliphatic hydroxyl groups is 1. The molecule has 3 heterocycles. The number of alkyl halides is 1. The van der Waals surface area contributed by atoms with Crippen LogP contribution in [0, 0.1) is 11.8 Å². The number of aliphatic hydroxyl groups excluding tert-OH is 1. The van der Waals surface area contributed by atoms with Crippen molar-refractivity contribution in [2.45, 2.75) is 60.6 Å². The van der Waals surface area contributed by atoms with Gasteiger partial charge in [-0.3, -0.25) is 14.4 Å². The zero-order valence-electron chi connectivity index (χ0n) is 23.0. The molecule has 0 aliphatic carbocycles. The van der Waals surface area contributed by atoms with Crippen LogP contribution in [0.3, 0.4) is 0 Å². The van der Waals surface area contributed by atoms with Crippen molar-refractivity contribution in [2.24, 2.45) is 11.8 Å². The van der Waals surface area contributed by atoms with Crippen LogP contribution >= 0.6 is 27.7 Å². The van der Waals surface area contributed by atoms with Gasteiger partial charge in [0.25, 0.3) is 0 Å². The molecule has 0 aromatic heterocycles. The Balaban J connectivity index is 1.42. The van der Waals surface area contributed by atoms with Crippen LogP contribution in [0.25, 0.3) is 0 Å². The second-order valence-electron chi connectivity index (χ2n) is 10.9. The molecule has 8 nitrogen and oxygen atoms in total. The number of anilines is 2. The molecule has 10 heteroatoms. The number of rotatable bonds is 10. The largest absolute Gasteiger partial charge is 0.394 e. The van der Waals surface area contributed by atoms with E-state index in [1.807, 2.05) is 54.6 Å². The normalized spacial score (nSPS) is 29.3. The first-order valence-corrected chi connectivity index (χ1v) is 15.8. The van der Waals surface area contributed by atoms with Crippen molar-refractivity contribution in [3.8, 4) is 0 Å². The van der Waals surface area contributed by atoms with Crippen LogP contribution < -0.4 is 15.5 Å². The molecule has 40 heavy (non-hydrogen) atoms. The highest BCUT2D eigenvalue weighted by molar-refractivity contribution is 9.09. The van der Waals surface area contributed by atoms with Crippen molar-refractivity contribution in [2.75, 3.05) is 29.9 Å². The van der Waals surface area contributed by atoms with E-state index in [0.29, 0.717) is 18.7 Å². The van der Waals surface area contributed by atoms with E-state index >= 15 is 0 Å². The van der Waals surface area contributed by atoms with Crippen LogP contribution in [0.5, 0.6) is 0 Å². The fourth-order valence-electron chi connectivity index (χ4n) is 6.69. The van der Waals surface area contributed by atoms with Gasteiger partial charge in [0, 0.05) is 41.1 Å². The minimum absolute atomic E-state index is 0.0120. The Bertz CT molecular complexity index is 1240. The maximum atomic E-state index is 14.0. The number of nitrogens with zero attached hydrogens (tertiary/aromatic N) is 2. The minimum atomic E-state index is -0.809. The van der Waals surface area contributed by atoms with E-state index in [2.05, 4.69) is 45.3 Å². The van der Waals surface area contributed by atoms with E-state index in [-0.39, 0.29) is 34.4 Å². The highest BCUT2D eigenvalue weighted by atomic mass is 79.9. The molecule has 2 aromatic carbocycles. The fourth-order valence-corrected chi connectivity index (χ4v) is 10.3. The molecule has 3 aliphatic rings. The van der Waals surface area contributed by atoms with E-state index in [9.17, 15) is 19.5 Å². The van der Waals surface area contributed by atoms with Gasteiger partial charge in [-0.2, -0.15) is 0 Å². The number of nitrogens with one attached hydrogen (secondary N) is 2. The van der Waals surface area contributed by atoms with Crippen molar-refractivity contribution in [3.63, 3.8) is 0 Å². The number of thioether (sulfide) groups is 1. The lowest BCUT2D eigenvalue weighted by Gasteiger charge is -2.36. The van der Waals surface area contributed by atoms with Gasteiger partial charge in [-0.15, -0.1) is 11.8 Å². The highest BCUT2D eigenvalue weighted by Crippen LogP contribution is 2.68. The van der Waals surface area contributed by atoms with E-state index < -0.39 is 28.7 Å². The van der Waals surface area contributed by atoms with Gasteiger partial charge in [-0.05, 0) is 57.0 Å². The Kier molecular flexibility index (Phi) is 8.50. The van der Waals surface area contributed by atoms with Crippen molar-refractivity contribution < 1.29 is 19.5 Å². The molecule has 3 N–H and O–H groups in total. The van der Waals surface area contributed by atoms with E-state index in [4.69, 9.17) is 0 Å². The molecule has 3 saturated heterocycles. The van der Waals surface area contributed by atoms with Crippen LogP contribution in [0.4, 0.5) is 11.4 Å². The lowest BCUT2D eigenvalue weighted by Crippen LogP contribution is -2.54. The summed E-state index contributed by atoms with van der Waals surface area (Å²) in [4.78, 5) is 45.4. The predicted octanol–water partition coefficient (Wildman–Crippen LogP) is 3.63. The second-order valence-corrected chi connectivity index (χ2v) is 13.6. The van der Waals surface area contributed by atoms with Gasteiger partial charge >= 0.3 is 0 Å². The Morgan fingerprint density at radius 2 is 1.80 bits per heavy atom. The van der Waals surface area contributed by atoms with Gasteiger partial charge in [0.2, 0.25) is 17.7 Å². The average Bonchev–Trinajstić information content (AvgIpc) is 3.56. The number of amides is 3. The monoisotopic (exact) mass is 628 g/mol. The molecular formula is C30H37BrN4O4S. The molecule has 5 rings (SSSR count). The van der Waals surface area contributed by atoms with E-state index in [1.54, 1.807) is 18.7 Å². The third-order valence-electron chi connectivity index (χ3n) is 8.59. The van der Waals surface area contributed by atoms with E-state index in [1.165, 1.54) is 4.90 Å². The SMILES string of the molecule is CCN(CC)c1ccc(NC(=O)C2N([C@H](C)CO)C(=O)[C@@H]3[C@@H](C(=O)NCc4ccccc4)[C@@H]4SC23CC4Br)cc1. The Hall–Kier alpha value is -2.56. The third-order valence-corrected chi connectivity index (χ3v) is 11.8. The molecule has 214 valence electrons. The summed E-state index contributed by atoms with van der Waals surface area (Å²) in [5, 5.41) is 16.0. The van der Waals surface area contributed by atoms with Crippen LogP contribution in [0.2, 0.25) is 0 Å². The third kappa shape index (κ3) is 4.92. The molecule has 2 bridgehead atoms. The minimum Gasteiger partial charge on any atom is -0.394 e. The summed E-state index contributed by atoms with van der Waals surface area (Å²) in [6, 6.07) is 16.0. The topological polar surface area (TPSA) is 102 Å². The summed E-state index contributed by atoms with van der Waals surface area (Å²) in [5.41, 5.74) is 2.70.